The molecule has 0 aliphatic rings. The van der Waals surface area contributed by atoms with E-state index in [0.717, 1.165) is 11.2 Å². The lowest BCUT2D eigenvalue weighted by molar-refractivity contribution is 0.741. The van der Waals surface area contributed by atoms with Gasteiger partial charge in [-0.1, -0.05) is 5.46 Å². The number of aryl methyl sites for hydroxylation is 1. The van der Waals surface area contributed by atoms with Crippen LogP contribution in [0.4, 0.5) is 0 Å². The van der Waals surface area contributed by atoms with E-state index in [1.807, 2.05) is 14.0 Å². The van der Waals surface area contributed by atoms with E-state index in [9.17, 15) is 0 Å². The van der Waals surface area contributed by atoms with Gasteiger partial charge in [0.1, 0.15) is 7.85 Å². The van der Waals surface area contributed by atoms with Crippen LogP contribution in [-0.2, 0) is 7.05 Å². The Morgan fingerprint density at radius 3 is 2.50 bits per heavy atom. The summed E-state index contributed by atoms with van der Waals surface area (Å²) in [6.07, 6.45) is 1.65. The molecule has 0 saturated carbocycles. The number of hydrogen-bond acceptors (Lipinski definition) is 1. The van der Waals surface area contributed by atoms with Gasteiger partial charge in [-0.2, -0.15) is 5.10 Å². The van der Waals surface area contributed by atoms with Crippen molar-refractivity contribution in [3.05, 3.63) is 11.9 Å². The van der Waals surface area contributed by atoms with Crippen LogP contribution in [0.5, 0.6) is 0 Å². The van der Waals surface area contributed by atoms with Crippen molar-refractivity contribution in [3.63, 3.8) is 0 Å². The molecule has 0 aromatic carbocycles. The highest BCUT2D eigenvalue weighted by atomic mass is 15.2. The molecule has 0 aliphatic heterocycles. The first-order valence-corrected chi connectivity index (χ1v) is 2.46. The van der Waals surface area contributed by atoms with Gasteiger partial charge in [-0.05, 0) is 6.92 Å². The van der Waals surface area contributed by atoms with E-state index in [-0.39, 0.29) is 0 Å². The highest BCUT2D eigenvalue weighted by Crippen LogP contribution is 1.84. The van der Waals surface area contributed by atoms with Crippen LogP contribution < -0.4 is 5.46 Å². The summed E-state index contributed by atoms with van der Waals surface area (Å²) >= 11 is 0. The zero-order valence-electron chi connectivity index (χ0n) is 5.05. The molecule has 0 N–H and O–H groups in total. The summed E-state index contributed by atoms with van der Waals surface area (Å²) in [6, 6.07) is 0. The van der Waals surface area contributed by atoms with Crippen molar-refractivity contribution in [2.24, 2.45) is 7.05 Å². The van der Waals surface area contributed by atoms with Gasteiger partial charge in [-0.3, -0.25) is 4.68 Å². The van der Waals surface area contributed by atoms with Crippen molar-refractivity contribution >= 4 is 13.3 Å². The van der Waals surface area contributed by atoms with Crippen molar-refractivity contribution in [1.82, 2.24) is 9.78 Å². The van der Waals surface area contributed by atoms with Crippen LogP contribution in [0.15, 0.2) is 6.20 Å². The summed E-state index contributed by atoms with van der Waals surface area (Å²) in [5.74, 6) is 0. The molecule has 0 saturated heterocycles. The summed E-state index contributed by atoms with van der Waals surface area (Å²) in [6.45, 7) is 1.93. The second-order valence-corrected chi connectivity index (χ2v) is 1.81. The third kappa shape index (κ3) is 0.640. The monoisotopic (exact) mass is 106 g/mol. The topological polar surface area (TPSA) is 17.8 Å². The molecule has 1 aromatic heterocycles. The van der Waals surface area contributed by atoms with Gasteiger partial charge in [-0.15, -0.1) is 0 Å². The summed E-state index contributed by atoms with van der Waals surface area (Å²) in [4.78, 5) is 0. The molecule has 0 fully saturated rings. The zero-order chi connectivity index (χ0) is 6.15. The number of nitrogens with zero attached hydrogens (tertiary/aromatic N) is 2. The average Bonchev–Trinajstić information content (AvgIpc) is 1.98. The lowest BCUT2D eigenvalue weighted by Gasteiger charge is -1.91. The fraction of sp³-hybridized carbons (Fsp3) is 0.400. The van der Waals surface area contributed by atoms with Crippen LogP contribution in [0.1, 0.15) is 5.69 Å². The highest BCUT2D eigenvalue weighted by molar-refractivity contribution is 6.32. The molecule has 0 unspecified atom stereocenters. The Labute approximate surface area is 49.9 Å². The van der Waals surface area contributed by atoms with Crippen molar-refractivity contribution in [2.45, 2.75) is 6.92 Å². The minimum atomic E-state index is 0.757. The molecule has 0 atom stereocenters. The van der Waals surface area contributed by atoms with Gasteiger partial charge >= 0.3 is 0 Å². The summed E-state index contributed by atoms with van der Waals surface area (Å²) in [5, 5.41) is 3.91. The van der Waals surface area contributed by atoms with E-state index in [1.165, 1.54) is 0 Å². The van der Waals surface area contributed by atoms with E-state index in [4.69, 9.17) is 7.85 Å². The van der Waals surface area contributed by atoms with Crippen LogP contribution in [-0.4, -0.2) is 17.6 Å². The van der Waals surface area contributed by atoms with Gasteiger partial charge in [-0.25, -0.2) is 0 Å². The van der Waals surface area contributed by atoms with Gasteiger partial charge in [0.25, 0.3) is 0 Å². The molecule has 0 spiro atoms. The first-order chi connectivity index (χ1) is 3.72. The van der Waals surface area contributed by atoms with E-state index >= 15 is 0 Å². The second-order valence-electron chi connectivity index (χ2n) is 1.81. The summed E-state index contributed by atoms with van der Waals surface area (Å²) in [7, 11) is 7.32. The predicted molar refractivity (Wildman–Crippen MR) is 33.3 cm³/mol. The van der Waals surface area contributed by atoms with Crippen molar-refractivity contribution in [1.29, 1.82) is 0 Å². The number of rotatable bonds is 0. The highest BCUT2D eigenvalue weighted by Gasteiger charge is 1.93. The van der Waals surface area contributed by atoms with E-state index < -0.39 is 0 Å². The standard InChI is InChI=1S/C5H7BN2/c1-4-5(6)3-7-8(4)2/h3H,1-2H3. The van der Waals surface area contributed by atoms with Crippen molar-refractivity contribution < 1.29 is 0 Å². The molecular formula is C5H7BN2. The molecule has 40 valence electrons. The lowest BCUT2D eigenvalue weighted by atomic mass is 9.98. The van der Waals surface area contributed by atoms with Crippen molar-refractivity contribution in [3.8, 4) is 0 Å². The Morgan fingerprint density at radius 2 is 2.38 bits per heavy atom. The fourth-order valence-electron chi connectivity index (χ4n) is 0.516. The molecule has 0 bridgehead atoms. The smallest absolute Gasteiger partial charge is 0.118 e. The molecule has 1 heterocycles. The van der Waals surface area contributed by atoms with Crippen molar-refractivity contribution in [2.75, 3.05) is 0 Å². The predicted octanol–water partition coefficient (Wildman–Crippen LogP) is -0.478. The molecule has 8 heavy (non-hydrogen) atoms. The SMILES string of the molecule is [B]c1cnn(C)c1C. The van der Waals surface area contributed by atoms with Crippen LogP contribution >= 0.6 is 0 Å². The maximum atomic E-state index is 5.46. The largest absolute Gasteiger partial charge is 0.274 e. The lowest BCUT2D eigenvalue weighted by Crippen LogP contribution is -2.04. The minimum Gasteiger partial charge on any atom is -0.274 e. The van der Waals surface area contributed by atoms with Gasteiger partial charge in [0.05, 0.1) is 0 Å². The Kier molecular flexibility index (Phi) is 1.12. The van der Waals surface area contributed by atoms with Gasteiger partial charge in [0.15, 0.2) is 0 Å². The first kappa shape index (κ1) is 5.41. The molecule has 1 aromatic rings. The normalized spacial score (nSPS) is 9.75. The minimum absolute atomic E-state index is 0.757. The molecule has 2 radical (unpaired) electrons. The summed E-state index contributed by atoms with van der Waals surface area (Å²) < 4.78 is 1.75. The maximum absolute atomic E-state index is 5.46. The van der Waals surface area contributed by atoms with Gasteiger partial charge in [0.2, 0.25) is 0 Å². The van der Waals surface area contributed by atoms with Crippen LogP contribution in [0.3, 0.4) is 0 Å². The summed E-state index contributed by atoms with van der Waals surface area (Å²) in [5.41, 5.74) is 1.78. The van der Waals surface area contributed by atoms with E-state index in [2.05, 4.69) is 5.10 Å². The molecular weight excluding hydrogens is 98.9 g/mol. The van der Waals surface area contributed by atoms with Crippen LogP contribution in [0.25, 0.3) is 0 Å². The quantitative estimate of drug-likeness (QED) is 0.408. The average molecular weight is 106 g/mol. The zero-order valence-corrected chi connectivity index (χ0v) is 5.05. The molecule has 2 nitrogen and oxygen atoms in total. The first-order valence-electron chi connectivity index (χ1n) is 2.46. The Hall–Kier alpha value is -0.725. The Bertz CT molecular complexity index is 173. The molecule has 3 heteroatoms. The fourth-order valence-corrected chi connectivity index (χ4v) is 0.516. The second kappa shape index (κ2) is 1.65. The molecule has 1 rings (SSSR count). The Balaban J connectivity index is 3.19. The van der Waals surface area contributed by atoms with Gasteiger partial charge < -0.3 is 0 Å². The van der Waals surface area contributed by atoms with Crippen LogP contribution in [0, 0.1) is 6.92 Å². The number of aromatic nitrogens is 2. The molecule has 0 amide bonds. The van der Waals surface area contributed by atoms with E-state index in [1.54, 1.807) is 10.9 Å². The Morgan fingerprint density at radius 1 is 1.75 bits per heavy atom. The van der Waals surface area contributed by atoms with Gasteiger partial charge in [0, 0.05) is 18.9 Å². The van der Waals surface area contributed by atoms with E-state index in [0.29, 0.717) is 0 Å². The number of hydrogen-bond donors (Lipinski definition) is 0. The third-order valence-corrected chi connectivity index (χ3v) is 1.27. The van der Waals surface area contributed by atoms with Crippen LogP contribution in [0.2, 0.25) is 0 Å². The molecule has 0 aliphatic carbocycles. The maximum Gasteiger partial charge on any atom is 0.118 e. The third-order valence-electron chi connectivity index (χ3n) is 1.27.